The van der Waals surface area contributed by atoms with Gasteiger partial charge in [0.2, 0.25) is 5.91 Å². The number of para-hydroxylation sites is 1. The summed E-state index contributed by atoms with van der Waals surface area (Å²) in [6.07, 6.45) is 1.22. The number of carbonyl (C=O) groups is 1. The lowest BCUT2D eigenvalue weighted by Crippen LogP contribution is -2.13. The van der Waals surface area contributed by atoms with E-state index in [0.29, 0.717) is 5.75 Å². The highest BCUT2D eigenvalue weighted by Crippen LogP contribution is 2.19. The number of hydrogen-bond donors (Lipinski definition) is 2. The SMILES string of the molecule is C=CC(=O)NC.Cc1cccc(C)c1O. The number of phenols is 1. The van der Waals surface area contributed by atoms with Crippen LogP contribution >= 0.6 is 0 Å². The van der Waals surface area contributed by atoms with Crippen LogP contribution in [-0.4, -0.2) is 18.1 Å². The lowest BCUT2D eigenvalue weighted by Gasteiger charge is -1.99. The third-order valence-electron chi connectivity index (χ3n) is 1.87. The molecule has 0 aliphatic carbocycles. The summed E-state index contributed by atoms with van der Waals surface area (Å²) in [6, 6.07) is 5.72. The summed E-state index contributed by atoms with van der Waals surface area (Å²) >= 11 is 0. The third-order valence-corrected chi connectivity index (χ3v) is 1.87. The Balaban J connectivity index is 0.000000288. The van der Waals surface area contributed by atoms with Crippen molar-refractivity contribution in [1.29, 1.82) is 0 Å². The standard InChI is InChI=1S/C8H10O.C4H7NO/c1-6-4-3-5-7(2)8(6)9;1-3-4(6)5-2/h3-5,9H,1-2H3;3H,1H2,2H3,(H,5,6). The summed E-state index contributed by atoms with van der Waals surface area (Å²) in [4.78, 5) is 9.95. The molecule has 82 valence electrons. The number of hydrogen-bond acceptors (Lipinski definition) is 2. The van der Waals surface area contributed by atoms with Crippen molar-refractivity contribution in [2.45, 2.75) is 13.8 Å². The van der Waals surface area contributed by atoms with Crippen molar-refractivity contribution < 1.29 is 9.90 Å². The summed E-state index contributed by atoms with van der Waals surface area (Å²) in [5.74, 6) is 0.271. The quantitative estimate of drug-likeness (QED) is 0.691. The number of amides is 1. The average Bonchev–Trinajstić information content (AvgIpc) is 2.25. The van der Waals surface area contributed by atoms with Gasteiger partial charge in [-0.2, -0.15) is 0 Å². The maximum absolute atomic E-state index is 9.95. The molecule has 0 radical (unpaired) electrons. The Morgan fingerprint density at radius 3 is 2.07 bits per heavy atom. The molecule has 15 heavy (non-hydrogen) atoms. The number of aromatic hydroxyl groups is 1. The molecule has 0 atom stereocenters. The molecule has 0 aliphatic rings. The number of benzene rings is 1. The van der Waals surface area contributed by atoms with Crippen LogP contribution < -0.4 is 5.32 Å². The maximum Gasteiger partial charge on any atom is 0.243 e. The van der Waals surface area contributed by atoms with Gasteiger partial charge in [0.15, 0.2) is 0 Å². The number of rotatable bonds is 1. The zero-order chi connectivity index (χ0) is 11.8. The molecule has 2 N–H and O–H groups in total. The van der Waals surface area contributed by atoms with E-state index in [9.17, 15) is 9.90 Å². The number of nitrogens with one attached hydrogen (secondary N) is 1. The van der Waals surface area contributed by atoms with E-state index in [-0.39, 0.29) is 5.91 Å². The van der Waals surface area contributed by atoms with Gasteiger partial charge in [0.1, 0.15) is 5.75 Å². The molecule has 0 spiro atoms. The molecule has 0 saturated carbocycles. The summed E-state index contributed by atoms with van der Waals surface area (Å²) in [5.41, 5.74) is 1.88. The Morgan fingerprint density at radius 2 is 1.87 bits per heavy atom. The smallest absolute Gasteiger partial charge is 0.243 e. The van der Waals surface area contributed by atoms with Crippen LogP contribution in [0.25, 0.3) is 0 Å². The highest BCUT2D eigenvalue weighted by atomic mass is 16.3. The molecule has 1 aromatic carbocycles. The van der Waals surface area contributed by atoms with Crippen LogP contribution in [0.4, 0.5) is 0 Å². The Labute approximate surface area is 90.4 Å². The first-order valence-electron chi connectivity index (χ1n) is 4.62. The van der Waals surface area contributed by atoms with Crippen LogP contribution in [0.15, 0.2) is 30.9 Å². The lowest BCUT2D eigenvalue weighted by atomic mass is 10.1. The Morgan fingerprint density at radius 1 is 1.40 bits per heavy atom. The first kappa shape index (κ1) is 13.2. The fourth-order valence-corrected chi connectivity index (χ4v) is 0.908. The van der Waals surface area contributed by atoms with Gasteiger partial charge in [-0.1, -0.05) is 24.8 Å². The molecule has 0 aliphatic heterocycles. The Kier molecular flexibility index (Phi) is 5.86. The molecule has 3 heteroatoms. The molecule has 1 rings (SSSR count). The van der Waals surface area contributed by atoms with Gasteiger partial charge in [-0.25, -0.2) is 0 Å². The topological polar surface area (TPSA) is 49.3 Å². The summed E-state index contributed by atoms with van der Waals surface area (Å²) in [6.45, 7) is 7.00. The van der Waals surface area contributed by atoms with Gasteiger partial charge in [-0.05, 0) is 31.1 Å². The second kappa shape index (κ2) is 6.65. The minimum Gasteiger partial charge on any atom is -0.507 e. The fourth-order valence-electron chi connectivity index (χ4n) is 0.908. The molecule has 0 saturated heterocycles. The number of phenolic OH excluding ortho intramolecular Hbond substituents is 1. The predicted octanol–water partition coefficient (Wildman–Crippen LogP) is 1.93. The van der Waals surface area contributed by atoms with Gasteiger partial charge in [0.05, 0.1) is 0 Å². The molecular formula is C12H17NO2. The van der Waals surface area contributed by atoms with E-state index in [0.717, 1.165) is 11.1 Å². The normalized spacial score (nSPS) is 8.47. The molecule has 0 fully saturated rings. The fraction of sp³-hybridized carbons (Fsp3) is 0.250. The lowest BCUT2D eigenvalue weighted by molar-refractivity contribution is -0.116. The molecule has 0 aromatic heterocycles. The van der Waals surface area contributed by atoms with E-state index in [1.807, 2.05) is 32.0 Å². The van der Waals surface area contributed by atoms with Crippen LogP contribution in [0.3, 0.4) is 0 Å². The number of aryl methyl sites for hydroxylation is 2. The van der Waals surface area contributed by atoms with Crippen LogP contribution in [0.1, 0.15) is 11.1 Å². The van der Waals surface area contributed by atoms with Crippen LogP contribution in [0, 0.1) is 13.8 Å². The highest BCUT2D eigenvalue weighted by Gasteiger charge is 1.95. The van der Waals surface area contributed by atoms with E-state index in [4.69, 9.17) is 0 Å². The van der Waals surface area contributed by atoms with Gasteiger partial charge >= 0.3 is 0 Å². The van der Waals surface area contributed by atoms with Gasteiger partial charge in [-0.15, -0.1) is 0 Å². The van der Waals surface area contributed by atoms with Crippen molar-refractivity contribution in [1.82, 2.24) is 5.32 Å². The zero-order valence-electron chi connectivity index (χ0n) is 9.37. The highest BCUT2D eigenvalue weighted by molar-refractivity contribution is 5.86. The molecule has 1 amide bonds. The molecule has 1 aromatic rings. The summed E-state index contributed by atoms with van der Waals surface area (Å²) < 4.78 is 0. The summed E-state index contributed by atoms with van der Waals surface area (Å²) in [5, 5.41) is 11.6. The largest absolute Gasteiger partial charge is 0.507 e. The van der Waals surface area contributed by atoms with E-state index >= 15 is 0 Å². The number of carbonyl (C=O) groups excluding carboxylic acids is 1. The van der Waals surface area contributed by atoms with Gasteiger partial charge in [-0.3, -0.25) is 4.79 Å². The average molecular weight is 207 g/mol. The second-order valence-electron chi connectivity index (χ2n) is 3.06. The summed E-state index contributed by atoms with van der Waals surface area (Å²) in [7, 11) is 1.56. The van der Waals surface area contributed by atoms with E-state index in [1.165, 1.54) is 6.08 Å². The van der Waals surface area contributed by atoms with Crippen LogP contribution in [0.2, 0.25) is 0 Å². The van der Waals surface area contributed by atoms with E-state index < -0.39 is 0 Å². The van der Waals surface area contributed by atoms with E-state index in [1.54, 1.807) is 7.05 Å². The van der Waals surface area contributed by atoms with Crippen molar-refractivity contribution in [2.75, 3.05) is 7.05 Å². The van der Waals surface area contributed by atoms with Crippen molar-refractivity contribution in [3.05, 3.63) is 42.0 Å². The van der Waals surface area contributed by atoms with Gasteiger partial charge in [0.25, 0.3) is 0 Å². The first-order chi connectivity index (χ1) is 7.02. The monoisotopic (exact) mass is 207 g/mol. The third kappa shape index (κ3) is 4.86. The van der Waals surface area contributed by atoms with Crippen LogP contribution in [-0.2, 0) is 4.79 Å². The first-order valence-corrected chi connectivity index (χ1v) is 4.62. The van der Waals surface area contributed by atoms with Crippen molar-refractivity contribution in [3.63, 3.8) is 0 Å². The predicted molar refractivity (Wildman–Crippen MR) is 61.8 cm³/mol. The Bertz CT molecular complexity index is 325. The van der Waals surface area contributed by atoms with E-state index in [2.05, 4.69) is 11.9 Å². The number of likely N-dealkylation sites (N-methyl/N-ethyl adjacent to an activating group) is 1. The minimum absolute atomic E-state index is 0.144. The molecule has 0 heterocycles. The van der Waals surface area contributed by atoms with Crippen molar-refractivity contribution in [2.24, 2.45) is 0 Å². The van der Waals surface area contributed by atoms with Gasteiger partial charge in [0, 0.05) is 7.05 Å². The molecular weight excluding hydrogens is 190 g/mol. The molecule has 0 unspecified atom stereocenters. The zero-order valence-corrected chi connectivity index (χ0v) is 9.37. The molecule has 3 nitrogen and oxygen atoms in total. The van der Waals surface area contributed by atoms with Crippen LogP contribution in [0.5, 0.6) is 5.75 Å². The van der Waals surface area contributed by atoms with Gasteiger partial charge < -0.3 is 10.4 Å². The Hall–Kier alpha value is -1.77. The maximum atomic E-state index is 9.95. The minimum atomic E-state index is -0.144. The van der Waals surface area contributed by atoms with Crippen molar-refractivity contribution >= 4 is 5.91 Å². The molecule has 0 bridgehead atoms. The van der Waals surface area contributed by atoms with Crippen molar-refractivity contribution in [3.8, 4) is 5.75 Å². The second-order valence-corrected chi connectivity index (χ2v) is 3.06.